The average molecular weight is 394 g/mol. The van der Waals surface area contributed by atoms with Gasteiger partial charge in [-0.25, -0.2) is 9.18 Å². The summed E-state index contributed by atoms with van der Waals surface area (Å²) in [6.07, 6.45) is 4.03. The lowest BCUT2D eigenvalue weighted by Gasteiger charge is -2.26. The van der Waals surface area contributed by atoms with Crippen molar-refractivity contribution in [1.82, 2.24) is 4.40 Å². The maximum absolute atomic E-state index is 15.0. The predicted octanol–water partition coefficient (Wildman–Crippen LogP) is 2.28. The minimum Gasteiger partial charge on any atom is -0.477 e. The van der Waals surface area contributed by atoms with E-state index in [1.807, 2.05) is 11.8 Å². The number of aromatic carboxylic acids is 1. The number of carboxylic acid groups (broad SMARTS) is 1. The summed E-state index contributed by atoms with van der Waals surface area (Å²) in [7, 11) is 0. The van der Waals surface area contributed by atoms with Crippen LogP contribution in [0.1, 0.15) is 46.7 Å². The molecule has 3 N–H and O–H groups in total. The Balaban J connectivity index is 0.00000180. The summed E-state index contributed by atoms with van der Waals surface area (Å²) in [4.78, 5) is 26.0. The van der Waals surface area contributed by atoms with E-state index in [9.17, 15) is 19.1 Å². The van der Waals surface area contributed by atoms with Gasteiger partial charge in [0, 0.05) is 18.6 Å². The van der Waals surface area contributed by atoms with Gasteiger partial charge in [0.2, 0.25) is 0 Å². The van der Waals surface area contributed by atoms with Gasteiger partial charge >= 0.3 is 5.97 Å². The molecule has 1 aliphatic heterocycles. The van der Waals surface area contributed by atoms with Crippen molar-refractivity contribution in [3.05, 3.63) is 45.1 Å². The summed E-state index contributed by atoms with van der Waals surface area (Å²) in [5, 5.41) is 9.35. The molecule has 0 spiro atoms. The van der Waals surface area contributed by atoms with E-state index in [1.165, 1.54) is 10.5 Å². The molecule has 0 bridgehead atoms. The maximum atomic E-state index is 15.0. The zero-order valence-corrected chi connectivity index (χ0v) is 15.7. The molecule has 3 fully saturated rings. The van der Waals surface area contributed by atoms with Crippen molar-refractivity contribution < 1.29 is 14.3 Å². The Morgan fingerprint density at radius 2 is 2.11 bits per heavy atom. The van der Waals surface area contributed by atoms with E-state index in [-0.39, 0.29) is 29.4 Å². The number of fused-ring (bicyclic) bond motifs is 2. The number of piperidine rings is 1. The van der Waals surface area contributed by atoms with Crippen molar-refractivity contribution in [1.29, 1.82) is 0 Å². The van der Waals surface area contributed by atoms with E-state index in [2.05, 4.69) is 0 Å². The average Bonchev–Trinajstić information content (AvgIpc) is 3.47. The standard InChI is InChI=1S/C19H20FN3O3.ClH/c1-9-15-12(10-2-3-10)4-13(18(25)26)17(24)23(15)7-14(20)16(9)22-6-11-5-19(11,21)8-22;/h4,7,10-11H,2-3,5-6,8,21H2,1H3,(H,25,26);1H. The smallest absolute Gasteiger partial charge is 0.341 e. The van der Waals surface area contributed by atoms with Crippen molar-refractivity contribution in [2.24, 2.45) is 11.7 Å². The second-order valence-electron chi connectivity index (χ2n) is 8.08. The van der Waals surface area contributed by atoms with Gasteiger partial charge in [-0.2, -0.15) is 0 Å². The molecule has 0 radical (unpaired) electrons. The number of nitrogens with two attached hydrogens (primary N) is 1. The van der Waals surface area contributed by atoms with E-state index in [4.69, 9.17) is 5.73 Å². The number of halogens is 2. The molecule has 2 aromatic heterocycles. The monoisotopic (exact) mass is 393 g/mol. The zero-order valence-electron chi connectivity index (χ0n) is 14.9. The number of hydrogen-bond acceptors (Lipinski definition) is 4. The van der Waals surface area contributed by atoms with Gasteiger partial charge in [-0.15, -0.1) is 12.4 Å². The first-order valence-electron chi connectivity index (χ1n) is 8.95. The Morgan fingerprint density at radius 3 is 2.67 bits per heavy atom. The van der Waals surface area contributed by atoms with Crippen LogP contribution in [0.15, 0.2) is 17.1 Å². The summed E-state index contributed by atoms with van der Waals surface area (Å²) >= 11 is 0. The third kappa shape index (κ3) is 2.56. The molecule has 2 aliphatic carbocycles. The van der Waals surface area contributed by atoms with Crippen molar-refractivity contribution in [3.8, 4) is 0 Å². The number of anilines is 1. The normalized spacial score (nSPS) is 26.0. The lowest BCUT2D eigenvalue weighted by atomic mass is 10.0. The fourth-order valence-corrected chi connectivity index (χ4v) is 4.59. The van der Waals surface area contributed by atoms with Gasteiger partial charge in [0.25, 0.3) is 5.56 Å². The van der Waals surface area contributed by atoms with Crippen LogP contribution in [0.4, 0.5) is 10.1 Å². The second-order valence-corrected chi connectivity index (χ2v) is 8.08. The fraction of sp³-hybridized carbons (Fsp3) is 0.474. The number of aryl methyl sites for hydroxylation is 1. The van der Waals surface area contributed by atoms with Crippen LogP contribution in [-0.4, -0.2) is 34.1 Å². The van der Waals surface area contributed by atoms with Gasteiger partial charge in [0.15, 0.2) is 5.82 Å². The van der Waals surface area contributed by atoms with Gasteiger partial charge in [0.05, 0.1) is 17.4 Å². The third-order valence-electron chi connectivity index (χ3n) is 6.21. The molecule has 0 aromatic carbocycles. The molecule has 6 nitrogen and oxygen atoms in total. The topological polar surface area (TPSA) is 88.0 Å². The molecule has 1 saturated heterocycles. The number of rotatable bonds is 3. The highest BCUT2D eigenvalue weighted by Gasteiger charge is 2.57. The highest BCUT2D eigenvalue weighted by molar-refractivity contribution is 5.89. The largest absolute Gasteiger partial charge is 0.477 e. The Kier molecular flexibility index (Phi) is 3.85. The Labute approximate surface area is 161 Å². The van der Waals surface area contributed by atoms with Gasteiger partial charge in [-0.05, 0) is 55.2 Å². The third-order valence-corrected chi connectivity index (χ3v) is 6.21. The predicted molar refractivity (Wildman–Crippen MR) is 102 cm³/mol. The molecule has 27 heavy (non-hydrogen) atoms. The lowest BCUT2D eigenvalue weighted by molar-refractivity contribution is 0.0694. The van der Waals surface area contributed by atoms with E-state index >= 15 is 0 Å². The number of carboxylic acids is 1. The van der Waals surface area contributed by atoms with E-state index in [0.29, 0.717) is 29.2 Å². The summed E-state index contributed by atoms with van der Waals surface area (Å²) in [5.41, 5.74) is 7.71. The first-order chi connectivity index (χ1) is 12.3. The van der Waals surface area contributed by atoms with E-state index in [0.717, 1.165) is 37.6 Å². The van der Waals surface area contributed by atoms with E-state index < -0.39 is 17.3 Å². The van der Waals surface area contributed by atoms with Crippen molar-refractivity contribution >= 4 is 29.6 Å². The van der Waals surface area contributed by atoms with Crippen LogP contribution in [0.25, 0.3) is 5.52 Å². The van der Waals surface area contributed by atoms with Crippen LogP contribution >= 0.6 is 12.4 Å². The molecule has 8 heteroatoms. The fourth-order valence-electron chi connectivity index (χ4n) is 4.59. The van der Waals surface area contributed by atoms with Crippen LogP contribution in [0.5, 0.6) is 0 Å². The molecular formula is C19H21ClFN3O3. The minimum absolute atomic E-state index is 0. The highest BCUT2D eigenvalue weighted by Crippen LogP contribution is 2.50. The molecule has 2 unspecified atom stereocenters. The molecule has 2 aromatic rings. The van der Waals surface area contributed by atoms with Gasteiger partial charge in [-0.3, -0.25) is 9.20 Å². The molecule has 3 heterocycles. The van der Waals surface area contributed by atoms with Crippen LogP contribution in [-0.2, 0) is 0 Å². The molecule has 2 atom stereocenters. The molecule has 3 aliphatic rings. The lowest BCUT2D eigenvalue weighted by Crippen LogP contribution is -2.34. The number of nitrogens with zero attached hydrogens (tertiary/aromatic N) is 2. The SMILES string of the molecule is Cc1c(N2CC3CC3(N)C2)c(F)cn2c(=O)c(C(=O)O)cc(C3CC3)c12.Cl. The van der Waals surface area contributed by atoms with Crippen LogP contribution in [0.3, 0.4) is 0 Å². The molecular weight excluding hydrogens is 373 g/mol. The first-order valence-corrected chi connectivity index (χ1v) is 8.95. The van der Waals surface area contributed by atoms with Crippen molar-refractivity contribution in [2.75, 3.05) is 18.0 Å². The van der Waals surface area contributed by atoms with E-state index in [1.54, 1.807) is 0 Å². The van der Waals surface area contributed by atoms with Gasteiger partial charge < -0.3 is 15.7 Å². The van der Waals surface area contributed by atoms with Crippen molar-refractivity contribution in [3.63, 3.8) is 0 Å². The zero-order chi connectivity index (χ0) is 18.4. The van der Waals surface area contributed by atoms with Crippen LogP contribution < -0.4 is 16.2 Å². The first kappa shape index (κ1) is 18.3. The minimum atomic E-state index is -1.28. The maximum Gasteiger partial charge on any atom is 0.341 e. The molecule has 0 amide bonds. The number of carbonyl (C=O) groups is 1. The molecule has 144 valence electrons. The molecule has 2 saturated carbocycles. The Bertz CT molecular complexity index is 1050. The Hall–Kier alpha value is -2.12. The summed E-state index contributed by atoms with van der Waals surface area (Å²) in [5.74, 6) is -1.16. The number of aromatic nitrogens is 1. The second kappa shape index (κ2) is 5.69. The summed E-state index contributed by atoms with van der Waals surface area (Å²) in [6.45, 7) is 3.15. The number of hydrogen-bond donors (Lipinski definition) is 2. The van der Waals surface area contributed by atoms with Gasteiger partial charge in [-0.1, -0.05) is 0 Å². The number of pyridine rings is 2. The summed E-state index contributed by atoms with van der Waals surface area (Å²) in [6, 6.07) is 1.48. The quantitative estimate of drug-likeness (QED) is 0.835. The van der Waals surface area contributed by atoms with Crippen molar-refractivity contribution in [2.45, 2.75) is 37.6 Å². The van der Waals surface area contributed by atoms with Crippen LogP contribution in [0.2, 0.25) is 0 Å². The molecule has 5 rings (SSSR count). The Morgan fingerprint density at radius 1 is 1.41 bits per heavy atom. The summed E-state index contributed by atoms with van der Waals surface area (Å²) < 4.78 is 16.2. The van der Waals surface area contributed by atoms with Crippen LogP contribution in [0, 0.1) is 18.7 Å². The van der Waals surface area contributed by atoms with Gasteiger partial charge in [0.1, 0.15) is 5.56 Å². The highest BCUT2D eigenvalue weighted by atomic mass is 35.5.